The van der Waals surface area contributed by atoms with Crippen molar-refractivity contribution in [2.75, 3.05) is 19.9 Å². The van der Waals surface area contributed by atoms with Crippen molar-refractivity contribution in [3.8, 4) is 11.5 Å². The highest BCUT2D eigenvalue weighted by molar-refractivity contribution is 7.89. The van der Waals surface area contributed by atoms with Gasteiger partial charge in [-0.15, -0.1) is 0 Å². The quantitative estimate of drug-likeness (QED) is 0.524. The van der Waals surface area contributed by atoms with Crippen LogP contribution in [0.15, 0.2) is 47.4 Å². The highest BCUT2D eigenvalue weighted by atomic mass is 32.2. The Hall–Kier alpha value is -2.73. The summed E-state index contributed by atoms with van der Waals surface area (Å²) in [5, 5.41) is 12.5. The minimum Gasteiger partial charge on any atom is -0.454 e. The maximum Gasteiger partial charge on any atom is 0.251 e. The van der Waals surface area contributed by atoms with Crippen molar-refractivity contribution in [2.45, 2.75) is 42.4 Å². The molecule has 0 aliphatic carbocycles. The number of aliphatic hydroxyl groups excluding tert-OH is 1. The lowest BCUT2D eigenvalue weighted by atomic mass is 9.98. The smallest absolute Gasteiger partial charge is 0.251 e. The van der Waals surface area contributed by atoms with E-state index in [-0.39, 0.29) is 30.3 Å². The van der Waals surface area contributed by atoms with E-state index in [1.807, 2.05) is 0 Å². The maximum atomic E-state index is 13.1. The molecule has 178 valence electrons. The molecule has 2 aliphatic rings. The lowest BCUT2D eigenvalue weighted by molar-refractivity contribution is -0.0871. The minimum absolute atomic E-state index is 0.0612. The molecule has 1 fully saturated rings. The molecule has 3 atom stereocenters. The number of aliphatic hydroxyl groups is 1. The van der Waals surface area contributed by atoms with Crippen molar-refractivity contribution < 1.29 is 36.9 Å². The molecule has 2 heterocycles. The van der Waals surface area contributed by atoms with Gasteiger partial charge in [0.15, 0.2) is 11.5 Å². The van der Waals surface area contributed by atoms with Crippen LogP contribution in [0.2, 0.25) is 0 Å². The summed E-state index contributed by atoms with van der Waals surface area (Å²) in [7, 11) is -3.88. The normalized spacial score (nSPS) is 22.2. The van der Waals surface area contributed by atoms with E-state index in [1.165, 1.54) is 12.1 Å². The van der Waals surface area contributed by atoms with E-state index in [4.69, 9.17) is 14.2 Å². The van der Waals surface area contributed by atoms with Crippen molar-refractivity contribution >= 4 is 15.9 Å². The van der Waals surface area contributed by atoms with Gasteiger partial charge in [-0.25, -0.2) is 17.5 Å². The molecule has 0 saturated carbocycles. The molecule has 0 unspecified atom stereocenters. The Balaban J connectivity index is 1.27. The van der Waals surface area contributed by atoms with Crippen molar-refractivity contribution in [3.05, 3.63) is 53.8 Å². The second-order valence-electron chi connectivity index (χ2n) is 7.85. The van der Waals surface area contributed by atoms with Crippen molar-refractivity contribution in [1.29, 1.82) is 0 Å². The molecule has 2 aromatic rings. The summed E-state index contributed by atoms with van der Waals surface area (Å²) in [4.78, 5) is 12.3. The SMILES string of the molecule is O=C(NCC[C@H]1CC[C@H](NS(=O)(=O)c2ccc(F)cc2)[C@@H](CO)O1)c1ccc2c(c1)OCO2. The number of hydrogen-bond acceptors (Lipinski definition) is 7. The molecule has 0 spiro atoms. The molecule has 1 amide bonds. The molecule has 1 saturated heterocycles. The zero-order chi connectivity index (χ0) is 23.4. The van der Waals surface area contributed by atoms with E-state index >= 15 is 0 Å². The third-order valence-corrected chi connectivity index (χ3v) is 7.12. The number of fused-ring (bicyclic) bond motifs is 1. The number of hydrogen-bond donors (Lipinski definition) is 3. The van der Waals surface area contributed by atoms with Gasteiger partial charge in [0.05, 0.1) is 29.8 Å². The molecule has 2 aliphatic heterocycles. The highest BCUT2D eigenvalue weighted by Gasteiger charge is 2.34. The van der Waals surface area contributed by atoms with E-state index in [2.05, 4.69) is 10.0 Å². The van der Waals surface area contributed by atoms with E-state index in [9.17, 15) is 22.7 Å². The molecular formula is C22H25FN2O7S. The lowest BCUT2D eigenvalue weighted by Crippen LogP contribution is -2.51. The first kappa shape index (κ1) is 23.4. The van der Waals surface area contributed by atoms with Crippen LogP contribution in [0.1, 0.15) is 29.6 Å². The summed E-state index contributed by atoms with van der Waals surface area (Å²) in [5.41, 5.74) is 0.451. The van der Waals surface area contributed by atoms with Gasteiger partial charge in [0, 0.05) is 12.1 Å². The number of rotatable bonds is 8. The van der Waals surface area contributed by atoms with E-state index in [1.54, 1.807) is 18.2 Å². The molecule has 3 N–H and O–H groups in total. The number of benzene rings is 2. The van der Waals surface area contributed by atoms with Crippen molar-refractivity contribution in [2.24, 2.45) is 0 Å². The summed E-state index contributed by atoms with van der Waals surface area (Å²) in [6, 6.07) is 8.84. The highest BCUT2D eigenvalue weighted by Crippen LogP contribution is 2.32. The van der Waals surface area contributed by atoms with Crippen LogP contribution in [0.4, 0.5) is 4.39 Å². The number of sulfonamides is 1. The molecule has 11 heteroatoms. The minimum atomic E-state index is -3.88. The van der Waals surface area contributed by atoms with Gasteiger partial charge in [-0.3, -0.25) is 4.79 Å². The third kappa shape index (κ3) is 5.61. The molecule has 0 aromatic heterocycles. The first-order chi connectivity index (χ1) is 15.9. The van der Waals surface area contributed by atoms with Crippen LogP contribution in [-0.4, -0.2) is 57.6 Å². The first-order valence-electron chi connectivity index (χ1n) is 10.6. The Morgan fingerprint density at radius 1 is 1.09 bits per heavy atom. The van der Waals surface area contributed by atoms with Crippen LogP contribution in [0.25, 0.3) is 0 Å². The molecule has 4 rings (SSSR count). The van der Waals surface area contributed by atoms with Crippen LogP contribution < -0.4 is 19.5 Å². The van der Waals surface area contributed by atoms with E-state index < -0.39 is 28.0 Å². The number of halogens is 1. The van der Waals surface area contributed by atoms with Crippen LogP contribution >= 0.6 is 0 Å². The standard InChI is InChI=1S/C22H25FN2O7S/c23-15-2-5-17(6-3-15)33(28,29)25-18-7-4-16(32-21(18)12-26)9-10-24-22(27)14-1-8-19-20(11-14)31-13-30-19/h1-3,5-6,8,11,16,18,21,25-26H,4,7,9-10,12-13H2,(H,24,27)/t16-,18+,21-/m1/s1. The summed E-state index contributed by atoms with van der Waals surface area (Å²) >= 11 is 0. The molecule has 0 radical (unpaired) electrons. The maximum absolute atomic E-state index is 13.1. The van der Waals surface area contributed by atoms with E-state index in [0.717, 1.165) is 12.1 Å². The molecule has 33 heavy (non-hydrogen) atoms. The summed E-state index contributed by atoms with van der Waals surface area (Å²) < 4.78 is 57.2. The second kappa shape index (κ2) is 10.0. The number of nitrogens with one attached hydrogen (secondary N) is 2. The van der Waals surface area contributed by atoms with Gasteiger partial charge in [0.2, 0.25) is 16.8 Å². The van der Waals surface area contributed by atoms with Gasteiger partial charge in [-0.05, 0) is 61.7 Å². The van der Waals surface area contributed by atoms with Crippen LogP contribution in [0, 0.1) is 5.82 Å². The van der Waals surface area contributed by atoms with Crippen molar-refractivity contribution in [3.63, 3.8) is 0 Å². The van der Waals surface area contributed by atoms with Gasteiger partial charge >= 0.3 is 0 Å². The number of carbonyl (C=O) groups excluding carboxylic acids is 1. The Labute approximate surface area is 190 Å². The molecule has 0 bridgehead atoms. The topological polar surface area (TPSA) is 123 Å². The predicted molar refractivity (Wildman–Crippen MR) is 115 cm³/mol. The van der Waals surface area contributed by atoms with Crippen LogP contribution in [-0.2, 0) is 14.8 Å². The fraction of sp³-hybridized carbons (Fsp3) is 0.409. The third-order valence-electron chi connectivity index (χ3n) is 5.61. The summed E-state index contributed by atoms with van der Waals surface area (Å²) in [5.74, 6) is 0.337. The number of amides is 1. The average Bonchev–Trinajstić information content (AvgIpc) is 3.28. The largest absolute Gasteiger partial charge is 0.454 e. The average molecular weight is 481 g/mol. The second-order valence-corrected chi connectivity index (χ2v) is 9.56. The van der Waals surface area contributed by atoms with Gasteiger partial charge in [-0.1, -0.05) is 0 Å². The van der Waals surface area contributed by atoms with Gasteiger partial charge < -0.3 is 24.6 Å². The zero-order valence-corrected chi connectivity index (χ0v) is 18.5. The van der Waals surface area contributed by atoms with Crippen LogP contribution in [0.3, 0.4) is 0 Å². The number of carbonyl (C=O) groups is 1. The summed E-state index contributed by atoms with van der Waals surface area (Å²) in [6.07, 6.45) is 0.526. The van der Waals surface area contributed by atoms with Gasteiger partial charge in [0.25, 0.3) is 5.91 Å². The molecule has 2 aromatic carbocycles. The van der Waals surface area contributed by atoms with Gasteiger partial charge in [-0.2, -0.15) is 0 Å². The van der Waals surface area contributed by atoms with Crippen LogP contribution in [0.5, 0.6) is 11.5 Å². The Bertz CT molecular complexity index is 1090. The van der Waals surface area contributed by atoms with Crippen molar-refractivity contribution in [1.82, 2.24) is 10.0 Å². The first-order valence-corrected chi connectivity index (χ1v) is 12.1. The Kier molecular flexibility index (Phi) is 7.13. The monoisotopic (exact) mass is 480 g/mol. The number of ether oxygens (including phenoxy) is 3. The van der Waals surface area contributed by atoms with Gasteiger partial charge in [0.1, 0.15) is 5.82 Å². The fourth-order valence-corrected chi connectivity index (χ4v) is 5.15. The fourth-order valence-electron chi connectivity index (χ4n) is 3.85. The van der Waals surface area contributed by atoms with E-state index in [0.29, 0.717) is 42.9 Å². The molecule has 9 nitrogen and oxygen atoms in total. The Morgan fingerprint density at radius 2 is 1.85 bits per heavy atom. The molecular weight excluding hydrogens is 455 g/mol. The zero-order valence-electron chi connectivity index (χ0n) is 17.7. The Morgan fingerprint density at radius 3 is 2.61 bits per heavy atom. The lowest BCUT2D eigenvalue weighted by Gasteiger charge is -2.36. The summed E-state index contributed by atoms with van der Waals surface area (Å²) in [6.45, 7) is 0.116. The predicted octanol–water partition coefficient (Wildman–Crippen LogP) is 1.56.